The Morgan fingerprint density at radius 1 is 1.16 bits per heavy atom. The van der Waals surface area contributed by atoms with Crippen LogP contribution >= 0.6 is 11.3 Å². The third-order valence-electron chi connectivity index (χ3n) is 5.51. The zero-order valence-corrected chi connectivity index (χ0v) is 19.9. The molecule has 1 aliphatic rings. The van der Waals surface area contributed by atoms with Gasteiger partial charge in [0.05, 0.1) is 13.1 Å². The molecule has 2 aromatic heterocycles. The molecule has 0 radical (unpaired) electrons. The van der Waals surface area contributed by atoms with Crippen LogP contribution in [0.4, 0.5) is 32.0 Å². The van der Waals surface area contributed by atoms with Crippen molar-refractivity contribution in [1.82, 2.24) is 14.3 Å². The molecule has 2 N–H and O–H groups in total. The van der Waals surface area contributed by atoms with Gasteiger partial charge in [0.2, 0.25) is 0 Å². The summed E-state index contributed by atoms with van der Waals surface area (Å²) in [7, 11) is 0. The molecular formula is C22H17F6N5O4S. The standard InChI is InChI=1S/C22H17F6N5O4S/c23-15-6-12(5-11-1-4-17(34)33(18(11)15)37-20(35)22(26,27)28)16-3-2-14(38-16)9-31-10-30-32(21(31)36)8-13(7-29)19(24)25/h2-3,5-6,10H,1,4,7-9,29H2. The maximum Gasteiger partial charge on any atom is 0.493 e. The van der Waals surface area contributed by atoms with Crippen LogP contribution in [0, 0.1) is 5.82 Å². The topological polar surface area (TPSA) is 112 Å². The van der Waals surface area contributed by atoms with E-state index in [9.17, 15) is 36.3 Å². The Hall–Kier alpha value is -3.92. The van der Waals surface area contributed by atoms with Gasteiger partial charge in [-0.15, -0.1) is 16.4 Å². The number of anilines is 1. The fourth-order valence-corrected chi connectivity index (χ4v) is 4.67. The number of aryl methyl sites for hydroxylation is 1. The van der Waals surface area contributed by atoms with E-state index >= 15 is 4.39 Å². The van der Waals surface area contributed by atoms with E-state index < -0.39 is 60.0 Å². The van der Waals surface area contributed by atoms with Crippen LogP contribution in [0.25, 0.3) is 10.4 Å². The molecule has 1 amide bonds. The van der Waals surface area contributed by atoms with Gasteiger partial charge in [-0.05, 0) is 41.8 Å². The van der Waals surface area contributed by atoms with Crippen molar-refractivity contribution < 1.29 is 40.8 Å². The predicted molar refractivity (Wildman–Crippen MR) is 122 cm³/mol. The van der Waals surface area contributed by atoms with Gasteiger partial charge in [0.1, 0.15) is 12.0 Å². The molecule has 1 aromatic carbocycles. The van der Waals surface area contributed by atoms with Crippen LogP contribution in [0.5, 0.6) is 0 Å². The summed E-state index contributed by atoms with van der Waals surface area (Å²) < 4.78 is 80.6. The molecule has 0 saturated heterocycles. The van der Waals surface area contributed by atoms with Gasteiger partial charge in [0, 0.05) is 28.3 Å². The molecule has 0 aliphatic carbocycles. The molecule has 4 rings (SSSR count). The monoisotopic (exact) mass is 561 g/mol. The lowest BCUT2D eigenvalue weighted by molar-refractivity contribution is -0.201. The normalized spacial score (nSPS) is 13.4. The number of nitrogens with two attached hydrogens (primary N) is 1. The lowest BCUT2D eigenvalue weighted by Crippen LogP contribution is -2.41. The second-order valence-electron chi connectivity index (χ2n) is 8.06. The number of hydrogen-bond acceptors (Lipinski definition) is 7. The maximum atomic E-state index is 15.0. The van der Waals surface area contributed by atoms with Crippen molar-refractivity contribution in [3.05, 3.63) is 69.0 Å². The third kappa shape index (κ3) is 5.50. The third-order valence-corrected chi connectivity index (χ3v) is 6.63. The van der Waals surface area contributed by atoms with Crippen LogP contribution < -0.4 is 16.5 Å². The van der Waals surface area contributed by atoms with Gasteiger partial charge < -0.3 is 10.6 Å². The number of nitrogens with zero attached hydrogens (tertiary/aromatic N) is 4. The first kappa shape index (κ1) is 27.1. The van der Waals surface area contributed by atoms with E-state index in [1.807, 2.05) is 0 Å². The molecule has 3 heterocycles. The van der Waals surface area contributed by atoms with E-state index in [1.54, 1.807) is 12.1 Å². The molecule has 16 heteroatoms. The number of amides is 1. The summed E-state index contributed by atoms with van der Waals surface area (Å²) in [4.78, 5) is 41.1. The number of fused-ring (bicyclic) bond motifs is 1. The molecule has 0 atom stereocenters. The summed E-state index contributed by atoms with van der Waals surface area (Å²) in [5.74, 6) is -4.74. The first-order valence-electron chi connectivity index (χ1n) is 10.8. The first-order chi connectivity index (χ1) is 17.9. The summed E-state index contributed by atoms with van der Waals surface area (Å²) in [6.07, 6.45) is -6.49. The van der Waals surface area contributed by atoms with E-state index in [2.05, 4.69) is 9.94 Å². The number of halogens is 6. The molecule has 202 valence electrons. The molecular weight excluding hydrogens is 544 g/mol. The summed E-state index contributed by atoms with van der Waals surface area (Å²) >= 11 is 1.17. The number of aromatic nitrogens is 3. The Morgan fingerprint density at radius 2 is 1.89 bits per heavy atom. The summed E-state index contributed by atoms with van der Waals surface area (Å²) in [5, 5.41) is 3.84. The van der Waals surface area contributed by atoms with Crippen molar-refractivity contribution in [2.45, 2.75) is 32.1 Å². The zero-order chi connectivity index (χ0) is 27.8. The zero-order valence-electron chi connectivity index (χ0n) is 19.1. The number of carbonyl (C=O) groups is 2. The minimum absolute atomic E-state index is 0.00448. The largest absolute Gasteiger partial charge is 0.493 e. The molecule has 0 fully saturated rings. The van der Waals surface area contributed by atoms with Gasteiger partial charge in [-0.2, -0.15) is 27.1 Å². The number of hydrogen-bond donors (Lipinski definition) is 1. The van der Waals surface area contributed by atoms with E-state index in [0.29, 0.717) is 15.3 Å². The van der Waals surface area contributed by atoms with Gasteiger partial charge in [0.15, 0.2) is 5.82 Å². The van der Waals surface area contributed by atoms with Crippen LogP contribution in [-0.2, 0) is 33.9 Å². The van der Waals surface area contributed by atoms with Gasteiger partial charge >= 0.3 is 17.8 Å². The molecule has 0 spiro atoms. The average Bonchev–Trinajstić information content (AvgIpc) is 3.45. The van der Waals surface area contributed by atoms with Crippen molar-refractivity contribution in [1.29, 1.82) is 0 Å². The molecule has 0 saturated carbocycles. The van der Waals surface area contributed by atoms with Crippen molar-refractivity contribution in [3.63, 3.8) is 0 Å². The van der Waals surface area contributed by atoms with Crippen LogP contribution in [0.15, 0.2) is 47.0 Å². The van der Waals surface area contributed by atoms with Crippen LogP contribution in [0.1, 0.15) is 16.9 Å². The number of rotatable bonds is 7. The van der Waals surface area contributed by atoms with Crippen LogP contribution in [0.3, 0.4) is 0 Å². The highest BCUT2D eigenvalue weighted by atomic mass is 32.1. The quantitative estimate of drug-likeness (QED) is 0.443. The van der Waals surface area contributed by atoms with E-state index in [-0.39, 0.29) is 30.0 Å². The molecule has 0 bridgehead atoms. The van der Waals surface area contributed by atoms with E-state index in [0.717, 1.165) is 10.7 Å². The number of hydroxylamine groups is 1. The highest BCUT2D eigenvalue weighted by Crippen LogP contribution is 2.38. The van der Waals surface area contributed by atoms with Gasteiger partial charge in [-0.3, -0.25) is 9.36 Å². The Balaban J connectivity index is 1.56. The lowest BCUT2D eigenvalue weighted by atomic mass is 9.99. The van der Waals surface area contributed by atoms with Gasteiger partial charge in [-0.25, -0.2) is 18.7 Å². The Bertz CT molecular complexity index is 1490. The molecule has 38 heavy (non-hydrogen) atoms. The second kappa shape index (κ2) is 10.4. The van der Waals surface area contributed by atoms with E-state index in [4.69, 9.17) is 5.73 Å². The van der Waals surface area contributed by atoms with Crippen LogP contribution in [0.2, 0.25) is 0 Å². The summed E-state index contributed by atoms with van der Waals surface area (Å²) in [6.45, 7) is -0.872. The van der Waals surface area contributed by atoms with Gasteiger partial charge in [0.25, 0.3) is 12.0 Å². The minimum atomic E-state index is -5.38. The van der Waals surface area contributed by atoms with Gasteiger partial charge in [-0.1, -0.05) is 0 Å². The number of benzene rings is 1. The predicted octanol–water partition coefficient (Wildman–Crippen LogP) is 3.37. The number of alkyl halides is 3. The van der Waals surface area contributed by atoms with Crippen LogP contribution in [-0.4, -0.2) is 38.9 Å². The van der Waals surface area contributed by atoms with E-state index in [1.165, 1.54) is 28.3 Å². The Kier molecular flexibility index (Phi) is 7.46. The summed E-state index contributed by atoms with van der Waals surface area (Å²) in [5.41, 5.74) is 4.11. The molecule has 9 nitrogen and oxygen atoms in total. The number of thiophene rings is 1. The molecule has 1 aliphatic heterocycles. The molecule has 3 aromatic rings. The number of carbonyl (C=O) groups excluding carboxylic acids is 2. The van der Waals surface area contributed by atoms with Crippen molar-refractivity contribution in [2.24, 2.45) is 5.73 Å². The smallest absolute Gasteiger partial charge is 0.327 e. The Labute approximate surface area is 213 Å². The fraction of sp³-hybridized carbons (Fsp3) is 0.273. The highest BCUT2D eigenvalue weighted by Gasteiger charge is 2.45. The second-order valence-corrected chi connectivity index (χ2v) is 9.23. The lowest BCUT2D eigenvalue weighted by Gasteiger charge is -2.28. The Morgan fingerprint density at radius 3 is 2.55 bits per heavy atom. The summed E-state index contributed by atoms with van der Waals surface area (Å²) in [6, 6.07) is 5.72. The highest BCUT2D eigenvalue weighted by molar-refractivity contribution is 7.15. The SMILES string of the molecule is NCC(Cn1ncn(Cc2ccc(-c3cc(F)c4c(c3)CCC(=O)N4OC(=O)C(F)(F)F)s2)c1=O)=C(F)F. The average molecular weight is 561 g/mol. The van der Waals surface area contributed by atoms with Crippen molar-refractivity contribution >= 4 is 28.9 Å². The molecule has 0 unspecified atom stereocenters. The van der Waals surface area contributed by atoms with Crippen molar-refractivity contribution in [3.8, 4) is 10.4 Å². The first-order valence-corrected chi connectivity index (χ1v) is 11.6. The fourth-order valence-electron chi connectivity index (χ4n) is 3.67. The van der Waals surface area contributed by atoms with Crippen molar-refractivity contribution in [2.75, 3.05) is 11.6 Å². The minimum Gasteiger partial charge on any atom is -0.327 e. The maximum absolute atomic E-state index is 15.0.